The first-order valence-electron chi connectivity index (χ1n) is 12.1. The molecular weight excluding hydrogens is 391 g/mol. The lowest BCUT2D eigenvalue weighted by Crippen LogP contribution is -2.56. The molecule has 2 fully saturated rings. The molecule has 0 spiro atoms. The Bertz CT molecular complexity index is 703. The third kappa shape index (κ3) is 6.54. The van der Waals surface area contributed by atoms with Gasteiger partial charge in [0.1, 0.15) is 5.54 Å². The number of benzene rings is 1. The first kappa shape index (κ1) is 24.2. The zero-order chi connectivity index (χ0) is 22.3. The first-order valence-corrected chi connectivity index (χ1v) is 12.1. The van der Waals surface area contributed by atoms with Crippen molar-refractivity contribution in [1.29, 1.82) is 0 Å². The van der Waals surface area contributed by atoms with E-state index in [0.717, 1.165) is 32.5 Å². The van der Waals surface area contributed by atoms with Crippen molar-refractivity contribution in [2.45, 2.75) is 88.5 Å². The van der Waals surface area contributed by atoms with Crippen molar-refractivity contribution in [1.82, 2.24) is 4.90 Å². The summed E-state index contributed by atoms with van der Waals surface area (Å²) in [5.41, 5.74) is 8.11. The van der Waals surface area contributed by atoms with Crippen LogP contribution >= 0.6 is 0 Å². The second-order valence-corrected chi connectivity index (χ2v) is 9.66. The molecule has 0 aromatic heterocycles. The van der Waals surface area contributed by atoms with Gasteiger partial charge < -0.3 is 20.9 Å². The lowest BCUT2D eigenvalue weighted by Gasteiger charge is -2.40. The Morgan fingerprint density at radius 1 is 1.06 bits per heavy atom. The van der Waals surface area contributed by atoms with Gasteiger partial charge in [0.15, 0.2) is 0 Å². The molecule has 0 radical (unpaired) electrons. The third-order valence-electron chi connectivity index (χ3n) is 7.51. The smallest absolute Gasteiger partial charge is 0.451 e. The van der Waals surface area contributed by atoms with Crippen molar-refractivity contribution >= 4 is 13.1 Å². The fourth-order valence-electron chi connectivity index (χ4n) is 5.57. The van der Waals surface area contributed by atoms with Gasteiger partial charge in [-0.25, -0.2) is 0 Å². The molecule has 1 saturated heterocycles. The summed E-state index contributed by atoms with van der Waals surface area (Å²) in [5.74, 6) is -0.296. The van der Waals surface area contributed by atoms with Crippen LogP contribution in [0.1, 0.15) is 81.3 Å². The largest absolute Gasteiger partial charge is 0.480 e. The monoisotopic (exact) mass is 430 g/mol. The number of likely N-dealkylation sites (tertiary alicyclic amines) is 1. The molecule has 0 bridgehead atoms. The number of carboxylic acid groups (broad SMARTS) is 1. The van der Waals surface area contributed by atoms with E-state index in [-0.39, 0.29) is 12.2 Å². The number of carboxylic acids is 1. The van der Waals surface area contributed by atoms with E-state index < -0.39 is 18.6 Å². The van der Waals surface area contributed by atoms with Crippen molar-refractivity contribution in [3.05, 3.63) is 35.4 Å². The number of hydrogen-bond acceptors (Lipinski definition) is 5. The molecule has 1 atom stereocenters. The predicted molar refractivity (Wildman–Crippen MR) is 124 cm³/mol. The highest BCUT2D eigenvalue weighted by molar-refractivity contribution is 6.40. The molecule has 1 aliphatic carbocycles. The molecule has 0 amide bonds. The maximum Gasteiger partial charge on any atom is 0.451 e. The van der Waals surface area contributed by atoms with E-state index in [2.05, 4.69) is 29.2 Å². The van der Waals surface area contributed by atoms with Gasteiger partial charge in [0.25, 0.3) is 0 Å². The minimum absolute atomic E-state index is 0.0473. The van der Waals surface area contributed by atoms with Crippen LogP contribution in [0.25, 0.3) is 0 Å². The number of rotatable bonds is 10. The molecule has 31 heavy (non-hydrogen) atoms. The minimum atomic E-state index is -1.34. The number of aliphatic carboxylic acids is 1. The van der Waals surface area contributed by atoms with Crippen LogP contribution in [-0.4, -0.2) is 51.8 Å². The highest BCUT2D eigenvalue weighted by atomic mass is 16.4. The Morgan fingerprint density at radius 2 is 1.74 bits per heavy atom. The van der Waals surface area contributed by atoms with Crippen molar-refractivity contribution in [3.63, 3.8) is 0 Å². The zero-order valence-corrected chi connectivity index (χ0v) is 18.7. The molecule has 1 saturated carbocycles. The Balaban J connectivity index is 1.56. The quantitative estimate of drug-likeness (QED) is 0.335. The lowest BCUT2D eigenvalue weighted by molar-refractivity contribution is -0.147. The number of carbonyl (C=O) groups is 1. The molecule has 6 nitrogen and oxygen atoms in total. The van der Waals surface area contributed by atoms with Crippen LogP contribution in [0.2, 0.25) is 6.32 Å². The summed E-state index contributed by atoms with van der Waals surface area (Å²) in [6.07, 6.45) is 9.98. The average molecular weight is 430 g/mol. The SMILES string of the molecule is NC(CCCCB(O)O)(C(=O)O)C1CCN(Cc2ccccc2C2CCCCC2)CC1. The number of nitrogens with two attached hydrogens (primary N) is 1. The maximum absolute atomic E-state index is 12.0. The summed E-state index contributed by atoms with van der Waals surface area (Å²) in [6, 6.07) is 8.85. The third-order valence-corrected chi connectivity index (χ3v) is 7.51. The summed E-state index contributed by atoms with van der Waals surface area (Å²) in [4.78, 5) is 14.5. The number of unbranched alkanes of at least 4 members (excludes halogenated alkanes) is 1. The highest BCUT2D eigenvalue weighted by Gasteiger charge is 2.43. The summed E-state index contributed by atoms with van der Waals surface area (Å²) in [7, 11) is -1.34. The van der Waals surface area contributed by atoms with Crippen LogP contribution in [0.5, 0.6) is 0 Å². The van der Waals surface area contributed by atoms with Crippen molar-refractivity contribution in [2.75, 3.05) is 13.1 Å². The number of nitrogens with zero attached hydrogens (tertiary/aromatic N) is 1. The normalized spacial score (nSPS) is 21.0. The predicted octanol–water partition coefficient (Wildman–Crippen LogP) is 3.37. The van der Waals surface area contributed by atoms with Crippen LogP contribution in [0, 0.1) is 5.92 Å². The Kier molecular flexibility index (Phi) is 8.96. The Hall–Kier alpha value is -1.41. The second kappa shape index (κ2) is 11.5. The molecule has 3 rings (SSSR count). The summed E-state index contributed by atoms with van der Waals surface area (Å²) < 4.78 is 0. The van der Waals surface area contributed by atoms with Gasteiger partial charge in [-0.3, -0.25) is 9.69 Å². The molecule has 1 unspecified atom stereocenters. The molecular formula is C24H39BN2O4. The van der Waals surface area contributed by atoms with E-state index >= 15 is 0 Å². The van der Waals surface area contributed by atoms with Crippen LogP contribution < -0.4 is 5.73 Å². The van der Waals surface area contributed by atoms with E-state index in [9.17, 15) is 9.90 Å². The average Bonchev–Trinajstić information content (AvgIpc) is 2.78. The molecule has 1 aromatic rings. The summed E-state index contributed by atoms with van der Waals surface area (Å²) in [5, 5.41) is 27.8. The summed E-state index contributed by atoms with van der Waals surface area (Å²) in [6.45, 7) is 2.66. The van der Waals surface area contributed by atoms with Gasteiger partial charge in [-0.2, -0.15) is 0 Å². The van der Waals surface area contributed by atoms with E-state index in [4.69, 9.17) is 15.8 Å². The van der Waals surface area contributed by atoms with E-state index in [1.54, 1.807) is 0 Å². The molecule has 5 N–H and O–H groups in total. The minimum Gasteiger partial charge on any atom is -0.480 e. The lowest BCUT2D eigenvalue weighted by atomic mass is 9.74. The Morgan fingerprint density at radius 3 is 2.39 bits per heavy atom. The maximum atomic E-state index is 12.0. The zero-order valence-electron chi connectivity index (χ0n) is 18.7. The van der Waals surface area contributed by atoms with Gasteiger partial charge in [-0.1, -0.05) is 56.4 Å². The summed E-state index contributed by atoms with van der Waals surface area (Å²) >= 11 is 0. The fourth-order valence-corrected chi connectivity index (χ4v) is 5.57. The number of hydrogen-bond donors (Lipinski definition) is 4. The molecule has 1 heterocycles. The highest BCUT2D eigenvalue weighted by Crippen LogP contribution is 2.36. The Labute approximate surface area is 187 Å². The first-order chi connectivity index (χ1) is 14.9. The molecule has 172 valence electrons. The van der Waals surface area contributed by atoms with E-state index in [0.29, 0.717) is 25.2 Å². The van der Waals surface area contributed by atoms with Gasteiger partial charge in [0.2, 0.25) is 0 Å². The molecule has 2 aliphatic rings. The van der Waals surface area contributed by atoms with Crippen molar-refractivity contribution in [3.8, 4) is 0 Å². The van der Waals surface area contributed by atoms with Gasteiger partial charge in [-0.05, 0) is 74.5 Å². The van der Waals surface area contributed by atoms with Gasteiger partial charge in [0, 0.05) is 6.54 Å². The topological polar surface area (TPSA) is 107 Å². The second-order valence-electron chi connectivity index (χ2n) is 9.66. The molecule has 1 aliphatic heterocycles. The van der Waals surface area contributed by atoms with Gasteiger partial charge >= 0.3 is 13.1 Å². The van der Waals surface area contributed by atoms with Gasteiger partial charge in [0.05, 0.1) is 0 Å². The standard InChI is InChI=1S/C24H39BN2O4/c26-24(23(28)29,14-6-7-15-25(30)31)21-12-16-27(17-13-21)18-20-10-4-5-11-22(20)19-8-2-1-3-9-19/h4-5,10-11,19,21,30-31H,1-3,6-9,12-18,26H2,(H,28,29). The van der Waals surface area contributed by atoms with E-state index in [1.807, 2.05) is 0 Å². The van der Waals surface area contributed by atoms with Crippen molar-refractivity contribution in [2.24, 2.45) is 11.7 Å². The number of piperidine rings is 1. The van der Waals surface area contributed by atoms with Crippen LogP contribution in [0.3, 0.4) is 0 Å². The molecule has 7 heteroatoms. The fraction of sp³-hybridized carbons (Fsp3) is 0.708. The van der Waals surface area contributed by atoms with Crippen LogP contribution in [-0.2, 0) is 11.3 Å². The van der Waals surface area contributed by atoms with E-state index in [1.165, 1.54) is 43.2 Å². The van der Waals surface area contributed by atoms with Crippen molar-refractivity contribution < 1.29 is 19.9 Å². The van der Waals surface area contributed by atoms with Crippen LogP contribution in [0.4, 0.5) is 0 Å². The van der Waals surface area contributed by atoms with Crippen LogP contribution in [0.15, 0.2) is 24.3 Å². The molecule has 1 aromatic carbocycles. The van der Waals surface area contributed by atoms with Gasteiger partial charge in [-0.15, -0.1) is 0 Å².